The Morgan fingerprint density at radius 2 is 2.21 bits per heavy atom. The summed E-state index contributed by atoms with van der Waals surface area (Å²) in [5.74, 6) is 0. The highest BCUT2D eigenvalue weighted by Crippen LogP contribution is 2.10. The van der Waals surface area contributed by atoms with Crippen LogP contribution in [0.5, 0.6) is 0 Å². The van der Waals surface area contributed by atoms with Gasteiger partial charge in [0.2, 0.25) is 0 Å². The molecule has 0 aliphatic heterocycles. The van der Waals surface area contributed by atoms with Gasteiger partial charge in [-0.1, -0.05) is 23.8 Å². The minimum Gasteiger partial charge on any atom is -0.444 e. The van der Waals surface area contributed by atoms with Gasteiger partial charge >= 0.3 is 6.09 Å². The Labute approximate surface area is 118 Å². The number of rotatable bonds is 4. The Morgan fingerprint density at radius 1 is 1.47 bits per heavy atom. The minimum absolute atomic E-state index is 0.398. The third-order valence-electron chi connectivity index (χ3n) is 2.02. The fourth-order valence-corrected chi connectivity index (χ4v) is 1.49. The molecule has 0 atom stereocenters. The van der Waals surface area contributed by atoms with E-state index >= 15 is 0 Å². The topological polar surface area (TPSA) is 51.2 Å². The number of alkyl carbamates (subject to hydrolysis) is 1. The molecule has 4 nitrogen and oxygen atoms in total. The molecule has 0 unspecified atom stereocenters. The molecule has 1 heterocycles. The molecule has 19 heavy (non-hydrogen) atoms. The van der Waals surface area contributed by atoms with Crippen molar-refractivity contribution < 1.29 is 9.53 Å². The van der Waals surface area contributed by atoms with E-state index < -0.39 is 11.7 Å². The second-order valence-electron chi connectivity index (χ2n) is 5.06. The monoisotopic (exact) mass is 282 g/mol. The number of nitrogens with one attached hydrogen (secondary N) is 1. The zero-order valence-corrected chi connectivity index (χ0v) is 12.2. The predicted octanol–water partition coefficient (Wildman–Crippen LogP) is 3.66. The van der Waals surface area contributed by atoms with E-state index in [1.165, 1.54) is 0 Å². The van der Waals surface area contributed by atoms with E-state index in [1.807, 2.05) is 39.0 Å². The third kappa shape index (κ3) is 7.47. The van der Waals surface area contributed by atoms with E-state index in [4.69, 9.17) is 16.3 Å². The summed E-state index contributed by atoms with van der Waals surface area (Å²) in [5, 5.41) is 3.29. The largest absolute Gasteiger partial charge is 0.444 e. The zero-order chi connectivity index (χ0) is 14.3. The molecule has 0 saturated heterocycles. The van der Waals surface area contributed by atoms with Gasteiger partial charge < -0.3 is 10.1 Å². The molecular weight excluding hydrogens is 264 g/mol. The maximum Gasteiger partial charge on any atom is 0.407 e. The van der Waals surface area contributed by atoms with Crippen molar-refractivity contribution in [3.8, 4) is 0 Å². The van der Waals surface area contributed by atoms with Crippen molar-refractivity contribution in [1.29, 1.82) is 0 Å². The van der Waals surface area contributed by atoms with Crippen LogP contribution in [0.2, 0.25) is 5.02 Å². The number of hydrogen-bond donors (Lipinski definition) is 1. The molecule has 0 spiro atoms. The average Bonchev–Trinajstić information content (AvgIpc) is 2.26. The molecule has 1 aromatic heterocycles. The van der Waals surface area contributed by atoms with Crippen molar-refractivity contribution >= 4 is 23.8 Å². The molecule has 1 N–H and O–H groups in total. The van der Waals surface area contributed by atoms with Crippen LogP contribution in [0.3, 0.4) is 0 Å². The van der Waals surface area contributed by atoms with Crippen molar-refractivity contribution in [3.05, 3.63) is 35.1 Å². The summed E-state index contributed by atoms with van der Waals surface area (Å²) in [4.78, 5) is 15.3. The van der Waals surface area contributed by atoms with Crippen molar-refractivity contribution in [1.82, 2.24) is 10.3 Å². The molecule has 1 amide bonds. The summed E-state index contributed by atoms with van der Waals surface area (Å²) < 4.78 is 5.12. The lowest BCUT2D eigenvalue weighted by Gasteiger charge is -2.19. The van der Waals surface area contributed by atoms with E-state index in [2.05, 4.69) is 10.3 Å². The van der Waals surface area contributed by atoms with Crippen molar-refractivity contribution in [2.45, 2.75) is 32.8 Å². The Morgan fingerprint density at radius 3 is 2.84 bits per heavy atom. The summed E-state index contributed by atoms with van der Waals surface area (Å²) in [6.45, 7) is 6.02. The number of pyridine rings is 1. The molecule has 0 fully saturated rings. The zero-order valence-electron chi connectivity index (χ0n) is 11.4. The first-order chi connectivity index (χ1) is 8.87. The minimum atomic E-state index is -0.466. The van der Waals surface area contributed by atoms with Gasteiger partial charge in [-0.25, -0.2) is 4.79 Å². The third-order valence-corrected chi connectivity index (χ3v) is 2.22. The first-order valence-corrected chi connectivity index (χ1v) is 6.48. The quantitative estimate of drug-likeness (QED) is 0.858. The van der Waals surface area contributed by atoms with Crippen molar-refractivity contribution in [2.75, 3.05) is 6.54 Å². The fourth-order valence-electron chi connectivity index (χ4n) is 1.31. The van der Waals surface area contributed by atoms with Gasteiger partial charge in [-0.05, 0) is 38.8 Å². The van der Waals surface area contributed by atoms with Gasteiger partial charge in [0.05, 0.1) is 5.02 Å². The van der Waals surface area contributed by atoms with Crippen LogP contribution in [0.25, 0.3) is 6.08 Å². The van der Waals surface area contributed by atoms with E-state index in [0.29, 0.717) is 18.0 Å². The summed E-state index contributed by atoms with van der Waals surface area (Å²) in [6, 6.07) is 1.83. The van der Waals surface area contributed by atoms with Crippen molar-refractivity contribution in [2.24, 2.45) is 0 Å². The molecule has 104 valence electrons. The number of carbonyl (C=O) groups is 1. The highest BCUT2D eigenvalue weighted by molar-refractivity contribution is 6.30. The predicted molar refractivity (Wildman–Crippen MR) is 77.1 cm³/mol. The normalized spacial score (nSPS) is 11.6. The lowest BCUT2D eigenvalue weighted by atomic mass is 10.2. The van der Waals surface area contributed by atoms with Crippen LogP contribution in [0.15, 0.2) is 24.5 Å². The number of aromatic nitrogens is 1. The Bertz CT molecular complexity index is 453. The average molecular weight is 283 g/mol. The second kappa shape index (κ2) is 7.14. The highest BCUT2D eigenvalue weighted by Gasteiger charge is 2.14. The molecule has 1 aromatic rings. The van der Waals surface area contributed by atoms with Gasteiger partial charge in [0.15, 0.2) is 0 Å². The summed E-state index contributed by atoms with van der Waals surface area (Å²) >= 11 is 5.82. The van der Waals surface area contributed by atoms with Crippen LogP contribution >= 0.6 is 11.6 Å². The SMILES string of the molecule is CC(C)(C)OC(=O)NCCC=Cc1cncc(Cl)c1. The molecule has 0 aliphatic rings. The van der Waals surface area contributed by atoms with Gasteiger partial charge in [-0.2, -0.15) is 0 Å². The van der Waals surface area contributed by atoms with Crippen LogP contribution < -0.4 is 5.32 Å². The van der Waals surface area contributed by atoms with Crippen LogP contribution in [0.1, 0.15) is 32.8 Å². The molecule has 0 radical (unpaired) electrons. The van der Waals surface area contributed by atoms with Crippen LogP contribution in [0.4, 0.5) is 4.79 Å². The molecule has 0 bridgehead atoms. The van der Waals surface area contributed by atoms with Gasteiger partial charge in [0.1, 0.15) is 5.60 Å². The summed E-state index contributed by atoms with van der Waals surface area (Å²) in [7, 11) is 0. The van der Waals surface area contributed by atoms with Crippen LogP contribution in [-0.4, -0.2) is 23.2 Å². The van der Waals surface area contributed by atoms with Crippen LogP contribution in [-0.2, 0) is 4.74 Å². The maximum absolute atomic E-state index is 11.4. The summed E-state index contributed by atoms with van der Waals surface area (Å²) in [5.41, 5.74) is 0.469. The smallest absolute Gasteiger partial charge is 0.407 e. The first kappa shape index (κ1) is 15.5. The number of hydrogen-bond acceptors (Lipinski definition) is 3. The molecule has 5 heteroatoms. The number of nitrogens with zero attached hydrogens (tertiary/aromatic N) is 1. The van der Waals surface area contributed by atoms with Gasteiger partial charge in [-0.15, -0.1) is 0 Å². The number of halogens is 1. The summed E-state index contributed by atoms with van der Waals surface area (Å²) in [6.07, 6.45) is 7.49. The number of amides is 1. The second-order valence-corrected chi connectivity index (χ2v) is 5.49. The lowest BCUT2D eigenvalue weighted by molar-refractivity contribution is 0.0529. The lowest BCUT2D eigenvalue weighted by Crippen LogP contribution is -2.32. The van der Waals surface area contributed by atoms with Crippen LogP contribution in [0, 0.1) is 0 Å². The van der Waals surface area contributed by atoms with E-state index in [9.17, 15) is 4.79 Å². The number of carbonyl (C=O) groups excluding carboxylic acids is 1. The molecule has 1 rings (SSSR count). The molecule has 0 aromatic carbocycles. The Kier molecular flexibility index (Phi) is 5.83. The molecular formula is C14H19ClN2O2. The van der Waals surface area contributed by atoms with E-state index in [0.717, 1.165) is 5.56 Å². The van der Waals surface area contributed by atoms with E-state index in [1.54, 1.807) is 12.4 Å². The van der Waals surface area contributed by atoms with Crippen molar-refractivity contribution in [3.63, 3.8) is 0 Å². The van der Waals surface area contributed by atoms with Gasteiger partial charge in [-0.3, -0.25) is 4.98 Å². The van der Waals surface area contributed by atoms with E-state index in [-0.39, 0.29) is 0 Å². The highest BCUT2D eigenvalue weighted by atomic mass is 35.5. The Balaban J connectivity index is 2.26. The van der Waals surface area contributed by atoms with Gasteiger partial charge in [0, 0.05) is 18.9 Å². The first-order valence-electron chi connectivity index (χ1n) is 6.11. The maximum atomic E-state index is 11.4. The fraction of sp³-hybridized carbons (Fsp3) is 0.429. The molecule has 0 aliphatic carbocycles. The van der Waals surface area contributed by atoms with Gasteiger partial charge in [0.25, 0.3) is 0 Å². The Hall–Kier alpha value is -1.55. The number of ether oxygens (including phenoxy) is 1. The molecule has 0 saturated carbocycles. The standard InChI is InChI=1S/C14H19ClN2O2/c1-14(2,3)19-13(18)17-7-5-4-6-11-8-12(15)10-16-9-11/h4,6,8-10H,5,7H2,1-3H3,(H,17,18).